The Balaban J connectivity index is 1.73. The van der Waals surface area contributed by atoms with Crippen molar-refractivity contribution >= 4 is 51.0 Å². The van der Waals surface area contributed by atoms with Crippen LogP contribution in [0.4, 0.5) is 5.69 Å². The second kappa shape index (κ2) is 8.93. The maximum Gasteiger partial charge on any atom is 0.312 e. The van der Waals surface area contributed by atoms with Crippen LogP contribution >= 0.6 is 27.5 Å². The number of hydrogen-bond acceptors (Lipinski definition) is 6. The third-order valence-electron chi connectivity index (χ3n) is 6.62. The van der Waals surface area contributed by atoms with E-state index in [1.807, 2.05) is 13.0 Å². The van der Waals surface area contributed by atoms with Crippen molar-refractivity contribution in [3.05, 3.63) is 28.8 Å². The summed E-state index contributed by atoms with van der Waals surface area (Å²) >= 11 is 9.90. The fourth-order valence-corrected chi connectivity index (χ4v) is 6.61. The molecule has 0 aromatic heterocycles. The van der Waals surface area contributed by atoms with E-state index >= 15 is 0 Å². The van der Waals surface area contributed by atoms with Gasteiger partial charge in [-0.3, -0.25) is 14.4 Å². The number of hydrogen-bond donors (Lipinski definition) is 2. The van der Waals surface area contributed by atoms with Gasteiger partial charge < -0.3 is 24.8 Å². The molecule has 2 bridgehead atoms. The van der Waals surface area contributed by atoms with Crippen LogP contribution in [0.5, 0.6) is 0 Å². The number of ether oxygens (including phenoxy) is 2. The summed E-state index contributed by atoms with van der Waals surface area (Å²) in [6.45, 7) is 3.76. The van der Waals surface area contributed by atoms with E-state index in [1.54, 1.807) is 19.1 Å². The number of nitrogens with zero attached hydrogens (tertiary/aromatic N) is 1. The molecule has 3 aliphatic heterocycles. The van der Waals surface area contributed by atoms with Crippen LogP contribution in [-0.2, 0) is 23.9 Å². The first-order valence-corrected chi connectivity index (χ1v) is 12.0. The van der Waals surface area contributed by atoms with E-state index in [0.717, 1.165) is 5.56 Å². The molecule has 0 radical (unpaired) electrons. The molecule has 1 spiro atoms. The SMILES string of the molecule is CCOC(=O)[C@@H]1[C@H]2O[C@@]3(CC2Br)[C@H](C(=O)Nc2c(C)cccc2Cl)N(CCCO)C(=O)[C@@H]13. The number of carbonyl (C=O) groups excluding carboxylic acids is 3. The predicted octanol–water partition coefficient (Wildman–Crippen LogP) is 2.28. The Labute approximate surface area is 199 Å². The summed E-state index contributed by atoms with van der Waals surface area (Å²) < 4.78 is 11.6. The third-order valence-corrected chi connectivity index (χ3v) is 7.78. The highest BCUT2D eigenvalue weighted by Crippen LogP contribution is 2.60. The minimum Gasteiger partial charge on any atom is -0.466 e. The Morgan fingerprint density at radius 1 is 1.44 bits per heavy atom. The zero-order chi connectivity index (χ0) is 23.2. The first-order valence-electron chi connectivity index (χ1n) is 10.7. The number of aliphatic hydroxyl groups is 1. The van der Waals surface area contributed by atoms with E-state index in [4.69, 9.17) is 21.1 Å². The normalized spacial score (nSPS) is 32.8. The van der Waals surface area contributed by atoms with Crippen LogP contribution in [0, 0.1) is 18.8 Å². The molecule has 6 atom stereocenters. The van der Waals surface area contributed by atoms with E-state index in [1.165, 1.54) is 4.90 Å². The van der Waals surface area contributed by atoms with Gasteiger partial charge in [0, 0.05) is 18.0 Å². The van der Waals surface area contributed by atoms with Crippen molar-refractivity contribution in [3.63, 3.8) is 0 Å². The number of nitrogens with one attached hydrogen (secondary N) is 1. The van der Waals surface area contributed by atoms with Gasteiger partial charge in [0.15, 0.2) is 0 Å². The van der Waals surface area contributed by atoms with Gasteiger partial charge in [0.25, 0.3) is 0 Å². The van der Waals surface area contributed by atoms with E-state index in [0.29, 0.717) is 23.6 Å². The Morgan fingerprint density at radius 2 is 2.19 bits per heavy atom. The summed E-state index contributed by atoms with van der Waals surface area (Å²) in [6.07, 6.45) is 0.147. The molecular weight excluding hydrogens is 504 g/mol. The van der Waals surface area contributed by atoms with E-state index < -0.39 is 41.5 Å². The number of rotatable bonds is 7. The summed E-state index contributed by atoms with van der Waals surface area (Å²) in [5.41, 5.74) is 0.0891. The van der Waals surface area contributed by atoms with Gasteiger partial charge >= 0.3 is 5.97 Å². The minimum absolute atomic E-state index is 0.134. The highest BCUT2D eigenvalue weighted by molar-refractivity contribution is 9.09. The van der Waals surface area contributed by atoms with E-state index in [2.05, 4.69) is 21.2 Å². The van der Waals surface area contributed by atoms with Crippen molar-refractivity contribution < 1.29 is 29.0 Å². The van der Waals surface area contributed by atoms with Gasteiger partial charge in [-0.15, -0.1) is 0 Å². The van der Waals surface area contributed by atoms with Crippen molar-refractivity contribution in [2.24, 2.45) is 11.8 Å². The highest BCUT2D eigenvalue weighted by atomic mass is 79.9. The summed E-state index contributed by atoms with van der Waals surface area (Å²) in [4.78, 5) is 41.2. The van der Waals surface area contributed by atoms with Crippen molar-refractivity contribution in [1.29, 1.82) is 0 Å². The number of alkyl halides is 1. The summed E-state index contributed by atoms with van der Waals surface area (Å²) in [5, 5.41) is 12.6. The lowest BCUT2D eigenvalue weighted by atomic mass is 9.70. The van der Waals surface area contributed by atoms with Crippen LogP contribution in [0.3, 0.4) is 0 Å². The molecule has 3 heterocycles. The lowest BCUT2D eigenvalue weighted by Gasteiger charge is -2.34. The Bertz CT molecular complexity index is 925. The third kappa shape index (κ3) is 3.54. The number of benzene rings is 1. The number of aryl methyl sites for hydroxylation is 1. The minimum atomic E-state index is -1.16. The average Bonchev–Trinajstić information content (AvgIpc) is 3.33. The molecule has 0 saturated carbocycles. The van der Waals surface area contributed by atoms with Gasteiger partial charge in [-0.05, 0) is 38.3 Å². The number of carbonyl (C=O) groups is 3. The molecule has 1 unspecified atom stereocenters. The van der Waals surface area contributed by atoms with Crippen LogP contribution in [0.15, 0.2) is 18.2 Å². The van der Waals surface area contributed by atoms with Gasteiger partial charge in [-0.2, -0.15) is 0 Å². The van der Waals surface area contributed by atoms with Crippen molar-refractivity contribution in [1.82, 2.24) is 4.90 Å². The molecule has 8 nitrogen and oxygen atoms in total. The fraction of sp³-hybridized carbons (Fsp3) is 0.591. The van der Waals surface area contributed by atoms with Crippen LogP contribution < -0.4 is 5.32 Å². The van der Waals surface area contributed by atoms with Gasteiger partial charge in [-0.25, -0.2) is 0 Å². The molecular formula is C22H26BrClN2O6. The number of fused-ring (bicyclic) bond motifs is 1. The Morgan fingerprint density at radius 3 is 2.84 bits per heavy atom. The standard InChI is InChI=1S/C22H26BrClN2O6/c1-3-31-21(30)14-15-20(29)26(8-5-9-27)18(22(15)10-12(23)17(14)32-22)19(28)25-16-11(2)6-4-7-13(16)24/h4,6-7,12,14-15,17-18,27H,3,5,8-10H2,1-2H3,(H,25,28)/t12?,14-,15+,17-,18-,22+/m0/s1. The number of aliphatic hydroxyl groups excluding tert-OH is 1. The van der Waals surface area contributed by atoms with E-state index in [9.17, 15) is 19.5 Å². The van der Waals surface area contributed by atoms with Crippen LogP contribution in [0.2, 0.25) is 5.02 Å². The number of amides is 2. The lowest BCUT2D eigenvalue weighted by molar-refractivity contribution is -0.154. The number of likely N-dealkylation sites (tertiary alicyclic amines) is 1. The molecule has 2 amide bonds. The van der Waals surface area contributed by atoms with Crippen molar-refractivity contribution in [2.75, 3.05) is 25.1 Å². The largest absolute Gasteiger partial charge is 0.466 e. The Hall–Kier alpha value is -1.68. The van der Waals surface area contributed by atoms with E-state index in [-0.39, 0.29) is 30.5 Å². The number of anilines is 1. The molecule has 4 rings (SSSR count). The van der Waals surface area contributed by atoms with Gasteiger partial charge in [0.2, 0.25) is 11.8 Å². The quantitative estimate of drug-likeness (QED) is 0.415. The topological polar surface area (TPSA) is 105 Å². The maximum absolute atomic E-state index is 13.6. The van der Waals surface area contributed by atoms with Crippen molar-refractivity contribution in [3.8, 4) is 0 Å². The first kappa shape index (κ1) is 23.5. The molecule has 1 aromatic rings. The van der Waals surface area contributed by atoms with Crippen LogP contribution in [-0.4, -0.2) is 70.1 Å². The molecule has 3 aliphatic rings. The number of esters is 1. The van der Waals surface area contributed by atoms with Gasteiger partial charge in [0.05, 0.1) is 35.3 Å². The molecule has 2 N–H and O–H groups in total. The number of para-hydroxylation sites is 1. The number of halogens is 2. The highest BCUT2D eigenvalue weighted by Gasteiger charge is 2.76. The monoisotopic (exact) mass is 528 g/mol. The lowest BCUT2D eigenvalue weighted by Crippen LogP contribution is -2.54. The summed E-state index contributed by atoms with van der Waals surface area (Å²) in [5.74, 6) is -2.86. The predicted molar refractivity (Wildman–Crippen MR) is 121 cm³/mol. The molecule has 32 heavy (non-hydrogen) atoms. The average molecular weight is 530 g/mol. The van der Waals surface area contributed by atoms with Crippen molar-refractivity contribution in [2.45, 2.75) is 49.3 Å². The zero-order valence-electron chi connectivity index (χ0n) is 17.8. The Kier molecular flexibility index (Phi) is 6.55. The summed E-state index contributed by atoms with van der Waals surface area (Å²) in [6, 6.07) is 4.33. The second-order valence-electron chi connectivity index (χ2n) is 8.45. The fourth-order valence-electron chi connectivity index (χ4n) is 5.40. The summed E-state index contributed by atoms with van der Waals surface area (Å²) in [7, 11) is 0. The molecule has 3 fully saturated rings. The second-order valence-corrected chi connectivity index (χ2v) is 10.0. The van der Waals surface area contributed by atoms with Gasteiger partial charge in [0.1, 0.15) is 11.6 Å². The van der Waals surface area contributed by atoms with Gasteiger partial charge in [-0.1, -0.05) is 39.7 Å². The van der Waals surface area contributed by atoms with Crippen LogP contribution in [0.25, 0.3) is 0 Å². The molecule has 174 valence electrons. The molecule has 0 aliphatic carbocycles. The van der Waals surface area contributed by atoms with Crippen LogP contribution in [0.1, 0.15) is 25.3 Å². The molecule has 1 aromatic carbocycles. The molecule has 10 heteroatoms. The zero-order valence-corrected chi connectivity index (χ0v) is 20.2. The first-order chi connectivity index (χ1) is 15.3. The molecule has 3 saturated heterocycles. The smallest absolute Gasteiger partial charge is 0.312 e. The maximum atomic E-state index is 13.6.